The zero-order valence-electron chi connectivity index (χ0n) is 21.7. The summed E-state index contributed by atoms with van der Waals surface area (Å²) in [5.74, 6) is -0.326. The molecule has 0 bridgehead atoms. The first kappa shape index (κ1) is 25.1. The Morgan fingerprint density at radius 1 is 1.21 bits per heavy atom. The minimum absolute atomic E-state index is 0.242. The van der Waals surface area contributed by atoms with Crippen LogP contribution in [0.4, 0.5) is 20.9 Å². The van der Waals surface area contributed by atoms with Crippen molar-refractivity contribution in [2.45, 2.75) is 20.3 Å². The van der Waals surface area contributed by atoms with E-state index in [9.17, 15) is 14.2 Å². The van der Waals surface area contributed by atoms with Crippen molar-refractivity contribution < 1.29 is 8.94 Å². The average molecular weight is 550 g/mol. The molecule has 0 radical (unpaired) electrons. The molecule has 0 amide bonds. The van der Waals surface area contributed by atoms with Gasteiger partial charge >= 0.3 is 0 Å². The van der Waals surface area contributed by atoms with Crippen LogP contribution >= 0.6 is 11.3 Å². The highest BCUT2D eigenvalue weighted by atomic mass is 32.2. The van der Waals surface area contributed by atoms with Crippen LogP contribution in [0.3, 0.4) is 0 Å². The van der Waals surface area contributed by atoms with Gasteiger partial charge in [0.05, 0.1) is 30.0 Å². The Morgan fingerprint density at radius 2 is 1.92 bits per heavy atom. The molecular weight excluding hydrogens is 521 g/mol. The third-order valence-corrected chi connectivity index (χ3v) is 9.56. The fraction of sp³-hybridized carbons (Fsp3) is 0.370. The van der Waals surface area contributed by atoms with Gasteiger partial charge in [0.25, 0.3) is 0 Å². The van der Waals surface area contributed by atoms with E-state index in [-0.39, 0.29) is 11.2 Å². The lowest BCUT2D eigenvalue weighted by Gasteiger charge is -2.59. The van der Waals surface area contributed by atoms with Crippen LogP contribution in [0, 0.1) is 29.5 Å². The van der Waals surface area contributed by atoms with E-state index in [0.29, 0.717) is 21.3 Å². The lowest BCUT2D eigenvalue weighted by Crippen LogP contribution is -2.72. The summed E-state index contributed by atoms with van der Waals surface area (Å²) in [4.78, 5) is 9.69. The number of fused-ring (bicyclic) bond motifs is 1. The highest BCUT2D eigenvalue weighted by molar-refractivity contribution is 7.88. The standard InChI is InChI=1S/C27H28FN7OS2/c1-5-21-25(32(3)26-30-24(23(12-29)37-26)18-6-8-19(28)9-7-18)22-11-20(10-17(2)35(22)31-21)33-13-27(14-33)15-34(16-27)38(4)36/h6-11H,5,13-16H2,1-4H3. The number of nitrogens with zero attached hydrogens (tertiary/aromatic N) is 7. The van der Waals surface area contributed by atoms with Gasteiger partial charge in [-0.2, -0.15) is 10.4 Å². The monoisotopic (exact) mass is 549 g/mol. The molecule has 3 aromatic heterocycles. The number of benzene rings is 1. The number of halogens is 1. The van der Waals surface area contributed by atoms with Gasteiger partial charge in [-0.1, -0.05) is 18.3 Å². The van der Waals surface area contributed by atoms with Crippen molar-refractivity contribution in [1.29, 1.82) is 5.26 Å². The van der Waals surface area contributed by atoms with Gasteiger partial charge in [-0.3, -0.25) is 0 Å². The second kappa shape index (κ2) is 9.24. The quantitative estimate of drug-likeness (QED) is 0.327. The fourth-order valence-corrected chi connectivity index (χ4v) is 7.33. The predicted octanol–water partition coefficient (Wildman–Crippen LogP) is 4.52. The summed E-state index contributed by atoms with van der Waals surface area (Å²) >= 11 is 0.420. The summed E-state index contributed by atoms with van der Waals surface area (Å²) in [6, 6.07) is 12.7. The van der Waals surface area contributed by atoms with Gasteiger partial charge in [0.2, 0.25) is 0 Å². The van der Waals surface area contributed by atoms with Crippen LogP contribution in [0.25, 0.3) is 16.8 Å². The van der Waals surface area contributed by atoms with Gasteiger partial charge < -0.3 is 14.4 Å². The summed E-state index contributed by atoms with van der Waals surface area (Å²) in [6.45, 7) is 7.83. The molecule has 2 aliphatic heterocycles. The maximum absolute atomic E-state index is 13.5. The summed E-state index contributed by atoms with van der Waals surface area (Å²) < 4.78 is 29.2. The molecule has 2 fully saturated rings. The summed E-state index contributed by atoms with van der Waals surface area (Å²) in [7, 11) is 1.96. The maximum atomic E-state index is 13.5. The number of pyridine rings is 1. The Kier molecular flexibility index (Phi) is 6.11. The average Bonchev–Trinajstić information content (AvgIpc) is 3.44. The van der Waals surface area contributed by atoms with Gasteiger partial charge in [0.1, 0.15) is 28.7 Å². The van der Waals surface area contributed by atoms with Crippen LogP contribution in [-0.4, -0.2) is 62.9 Å². The zero-order chi connectivity index (χ0) is 26.8. The molecule has 8 nitrogen and oxygen atoms in total. The molecule has 2 aliphatic rings. The second-order valence-electron chi connectivity index (χ2n) is 10.2. The number of hydrogen-bond acceptors (Lipinski definition) is 8. The van der Waals surface area contributed by atoms with E-state index < -0.39 is 11.4 Å². The second-order valence-corrected chi connectivity index (χ2v) is 12.6. The molecule has 4 aromatic rings. The summed E-state index contributed by atoms with van der Waals surface area (Å²) in [6.07, 6.45) is 2.49. The molecule has 196 valence electrons. The number of nitriles is 1. The fourth-order valence-electron chi connectivity index (χ4n) is 5.57. The lowest BCUT2D eigenvalue weighted by atomic mass is 9.74. The van der Waals surface area contributed by atoms with Crippen LogP contribution < -0.4 is 9.80 Å². The molecule has 1 spiro atoms. The third-order valence-electron chi connectivity index (χ3n) is 7.54. The normalized spacial score (nSPS) is 17.3. The van der Waals surface area contributed by atoms with Gasteiger partial charge in [0, 0.05) is 53.9 Å². The SMILES string of the molecule is CCc1nn2c(C)cc(N3CC4(C3)CN([S+](C)[O-])C4)cc2c1N(C)c1nc(-c2ccc(F)cc2)c(C#N)s1. The van der Waals surface area contributed by atoms with Crippen molar-refractivity contribution in [3.8, 4) is 17.3 Å². The minimum Gasteiger partial charge on any atom is -0.598 e. The molecule has 0 saturated carbocycles. The van der Waals surface area contributed by atoms with Crippen molar-refractivity contribution in [1.82, 2.24) is 18.9 Å². The Hall–Kier alpha value is -3.17. The summed E-state index contributed by atoms with van der Waals surface area (Å²) in [5.41, 5.74) is 6.60. The van der Waals surface area contributed by atoms with E-state index in [4.69, 9.17) is 10.1 Å². The topological polar surface area (TPSA) is 86.8 Å². The molecule has 1 atom stereocenters. The van der Waals surface area contributed by atoms with Gasteiger partial charge in [-0.15, -0.1) is 4.31 Å². The highest BCUT2D eigenvalue weighted by Gasteiger charge is 2.55. The van der Waals surface area contributed by atoms with Crippen molar-refractivity contribution in [3.63, 3.8) is 0 Å². The summed E-state index contributed by atoms with van der Waals surface area (Å²) in [5, 5.41) is 15.4. The first-order chi connectivity index (χ1) is 18.2. The van der Waals surface area contributed by atoms with Crippen molar-refractivity contribution in [3.05, 3.63) is 58.5 Å². The highest BCUT2D eigenvalue weighted by Crippen LogP contribution is 2.44. The van der Waals surface area contributed by atoms with Crippen LogP contribution in [0.1, 0.15) is 23.2 Å². The van der Waals surface area contributed by atoms with E-state index in [1.165, 1.54) is 23.5 Å². The van der Waals surface area contributed by atoms with Gasteiger partial charge in [-0.25, -0.2) is 13.9 Å². The van der Waals surface area contributed by atoms with E-state index in [0.717, 1.165) is 60.9 Å². The predicted molar refractivity (Wildman–Crippen MR) is 150 cm³/mol. The van der Waals surface area contributed by atoms with Crippen molar-refractivity contribution in [2.24, 2.45) is 5.41 Å². The van der Waals surface area contributed by atoms with Crippen molar-refractivity contribution in [2.75, 3.05) is 49.3 Å². The number of aromatic nitrogens is 3. The molecule has 2 saturated heterocycles. The molecule has 11 heteroatoms. The van der Waals surface area contributed by atoms with Crippen LogP contribution in [-0.2, 0) is 17.8 Å². The van der Waals surface area contributed by atoms with E-state index in [1.54, 1.807) is 18.4 Å². The molecular formula is C27H28FN7OS2. The first-order valence-corrected chi connectivity index (χ1v) is 14.8. The van der Waals surface area contributed by atoms with Crippen LogP contribution in [0.2, 0.25) is 0 Å². The lowest BCUT2D eigenvalue weighted by molar-refractivity contribution is 0.0400. The van der Waals surface area contributed by atoms with Gasteiger partial charge in [-0.05, 0) is 49.7 Å². The van der Waals surface area contributed by atoms with E-state index in [2.05, 4.69) is 36.9 Å². The van der Waals surface area contributed by atoms with Crippen LogP contribution in [0.5, 0.6) is 0 Å². The molecule has 5 heterocycles. The third kappa shape index (κ3) is 4.03. The Bertz CT molecular complexity index is 1560. The Labute approximate surface area is 228 Å². The number of anilines is 3. The number of aryl methyl sites for hydroxylation is 2. The number of hydrogen-bond donors (Lipinski definition) is 0. The van der Waals surface area contributed by atoms with Crippen LogP contribution in [0.15, 0.2) is 36.4 Å². The molecule has 1 aromatic carbocycles. The Morgan fingerprint density at radius 3 is 2.55 bits per heavy atom. The molecule has 0 aliphatic carbocycles. The van der Waals surface area contributed by atoms with Gasteiger partial charge in [0.15, 0.2) is 5.13 Å². The molecule has 38 heavy (non-hydrogen) atoms. The molecule has 6 rings (SSSR count). The first-order valence-electron chi connectivity index (χ1n) is 12.5. The minimum atomic E-state index is -0.899. The zero-order valence-corrected chi connectivity index (χ0v) is 23.4. The van der Waals surface area contributed by atoms with E-state index >= 15 is 0 Å². The van der Waals surface area contributed by atoms with Crippen molar-refractivity contribution >= 4 is 44.7 Å². The smallest absolute Gasteiger partial charge is 0.191 e. The number of rotatable bonds is 6. The largest absolute Gasteiger partial charge is 0.598 e. The van der Waals surface area contributed by atoms with E-state index in [1.807, 2.05) is 20.8 Å². The Balaban J connectivity index is 1.35. The maximum Gasteiger partial charge on any atom is 0.191 e. The molecule has 0 N–H and O–H groups in total. The number of thiazole rings is 1. The molecule has 1 unspecified atom stereocenters.